The number of rotatable bonds is 5. The van der Waals surface area contributed by atoms with Gasteiger partial charge in [-0.3, -0.25) is 4.90 Å². The molecule has 2 bridgehead atoms. The van der Waals surface area contributed by atoms with E-state index in [-0.39, 0.29) is 50.4 Å². The molecule has 214 valence electrons. The SMILES string of the molecule is Cc1ccc(Nc2ncnc(OC3CC4COCC(C3)N4C(=O)OC(C)(C(F)(F)F)C(F)(F)F)c2C)c(F)c1. The molecule has 2 saturated heterocycles. The Hall–Kier alpha value is -3.36. The van der Waals surface area contributed by atoms with Gasteiger partial charge >= 0.3 is 18.4 Å². The van der Waals surface area contributed by atoms with Crippen molar-refractivity contribution in [1.82, 2.24) is 14.9 Å². The Morgan fingerprint density at radius 1 is 1.05 bits per heavy atom. The monoisotopic (exact) mass is 566 g/mol. The van der Waals surface area contributed by atoms with Gasteiger partial charge in [0.05, 0.1) is 36.5 Å². The van der Waals surface area contributed by atoms with Crippen LogP contribution in [0.5, 0.6) is 5.88 Å². The first-order chi connectivity index (χ1) is 18.1. The summed E-state index contributed by atoms with van der Waals surface area (Å²) in [5, 5.41) is 2.87. The zero-order valence-electron chi connectivity index (χ0n) is 21.0. The normalized spacial score (nSPS) is 21.9. The molecule has 2 atom stereocenters. The van der Waals surface area contributed by atoms with Gasteiger partial charge in [0.2, 0.25) is 5.88 Å². The van der Waals surface area contributed by atoms with Crippen LogP contribution in [0.15, 0.2) is 24.5 Å². The maximum absolute atomic E-state index is 14.3. The first-order valence-corrected chi connectivity index (χ1v) is 11.8. The van der Waals surface area contributed by atoms with E-state index in [0.717, 1.165) is 10.5 Å². The van der Waals surface area contributed by atoms with Gasteiger partial charge in [-0.2, -0.15) is 26.3 Å². The predicted molar refractivity (Wildman–Crippen MR) is 122 cm³/mol. The van der Waals surface area contributed by atoms with E-state index in [1.807, 2.05) is 0 Å². The molecule has 0 radical (unpaired) electrons. The molecule has 2 unspecified atom stereocenters. The summed E-state index contributed by atoms with van der Waals surface area (Å²) in [5.41, 5.74) is -3.34. The number of anilines is 2. The minimum absolute atomic E-state index is 0.0269. The van der Waals surface area contributed by atoms with Crippen LogP contribution in [0.1, 0.15) is 30.9 Å². The number of alkyl halides is 6. The van der Waals surface area contributed by atoms with Crippen LogP contribution in [-0.4, -0.2) is 70.3 Å². The fourth-order valence-electron chi connectivity index (χ4n) is 4.45. The van der Waals surface area contributed by atoms with Crippen molar-refractivity contribution < 1.29 is 49.7 Å². The third-order valence-corrected chi connectivity index (χ3v) is 6.76. The lowest BCUT2D eigenvalue weighted by Gasteiger charge is -2.48. The molecule has 2 aliphatic rings. The molecule has 8 nitrogen and oxygen atoms in total. The van der Waals surface area contributed by atoms with Gasteiger partial charge in [-0.15, -0.1) is 0 Å². The van der Waals surface area contributed by atoms with Crippen molar-refractivity contribution in [1.29, 1.82) is 0 Å². The molecular weight excluding hydrogens is 541 g/mol. The van der Waals surface area contributed by atoms with Crippen molar-refractivity contribution >= 4 is 17.6 Å². The number of amides is 1. The van der Waals surface area contributed by atoms with Crippen molar-refractivity contribution in [2.45, 2.75) is 69.8 Å². The van der Waals surface area contributed by atoms with Crippen molar-refractivity contribution in [3.05, 3.63) is 41.5 Å². The van der Waals surface area contributed by atoms with E-state index in [1.54, 1.807) is 26.0 Å². The molecule has 3 heterocycles. The molecule has 2 aliphatic heterocycles. The second-order valence-corrected chi connectivity index (χ2v) is 9.62. The zero-order valence-corrected chi connectivity index (χ0v) is 21.0. The lowest BCUT2D eigenvalue weighted by molar-refractivity contribution is -0.360. The lowest BCUT2D eigenvalue weighted by Crippen LogP contribution is -2.64. The Labute approximate surface area is 218 Å². The third kappa shape index (κ3) is 5.68. The largest absolute Gasteiger partial charge is 0.474 e. The Bertz CT molecular complexity index is 1200. The van der Waals surface area contributed by atoms with Crippen LogP contribution in [0.3, 0.4) is 0 Å². The number of carbonyl (C=O) groups excluding carboxylic acids is 1. The minimum atomic E-state index is -5.88. The average Bonchev–Trinajstić information content (AvgIpc) is 2.81. The van der Waals surface area contributed by atoms with Gasteiger partial charge in [0.1, 0.15) is 24.1 Å². The topological polar surface area (TPSA) is 85.8 Å². The summed E-state index contributed by atoms with van der Waals surface area (Å²) in [6.45, 7) is 2.88. The summed E-state index contributed by atoms with van der Waals surface area (Å²) in [5.74, 6) is -0.0812. The highest BCUT2D eigenvalue weighted by atomic mass is 19.4. The number of aromatic nitrogens is 2. The van der Waals surface area contributed by atoms with E-state index in [9.17, 15) is 35.5 Å². The maximum atomic E-state index is 14.3. The fraction of sp³-hybridized carbons (Fsp3) is 0.542. The Morgan fingerprint density at radius 2 is 1.67 bits per heavy atom. The summed E-state index contributed by atoms with van der Waals surface area (Å²) >= 11 is 0. The highest BCUT2D eigenvalue weighted by Crippen LogP contribution is 2.46. The smallest absolute Gasteiger partial charge is 0.437 e. The average molecular weight is 566 g/mol. The second-order valence-electron chi connectivity index (χ2n) is 9.62. The first-order valence-electron chi connectivity index (χ1n) is 11.8. The van der Waals surface area contributed by atoms with Crippen molar-refractivity contribution in [2.24, 2.45) is 0 Å². The number of fused-ring (bicyclic) bond motifs is 2. The molecule has 39 heavy (non-hydrogen) atoms. The zero-order chi connectivity index (χ0) is 28.8. The standard InChI is InChI=1S/C24H25F7N4O4/c1-12-4-5-18(17(25)6-12)34-19-13(2)20(33-11-32-19)38-16-7-14-9-37-10-15(8-16)35(14)21(36)39-22(3,23(26,27)28)24(29,30)31/h4-6,11,14-16H,7-10H2,1-3H3,(H,32,33,34). The van der Waals surface area contributed by atoms with E-state index in [1.165, 1.54) is 12.4 Å². The number of benzene rings is 1. The van der Waals surface area contributed by atoms with Crippen LogP contribution in [0, 0.1) is 19.7 Å². The number of halogens is 7. The van der Waals surface area contributed by atoms with Crippen LogP contribution < -0.4 is 10.1 Å². The Kier molecular flexibility index (Phi) is 7.58. The molecule has 1 aromatic carbocycles. The molecule has 2 fully saturated rings. The molecule has 1 amide bonds. The lowest BCUT2D eigenvalue weighted by atomic mass is 9.92. The van der Waals surface area contributed by atoms with Gasteiger partial charge < -0.3 is 19.5 Å². The second kappa shape index (κ2) is 10.3. The summed E-state index contributed by atoms with van der Waals surface area (Å²) in [7, 11) is 0. The maximum Gasteiger partial charge on any atom is 0.437 e. The van der Waals surface area contributed by atoms with E-state index >= 15 is 0 Å². The Morgan fingerprint density at radius 3 is 2.23 bits per heavy atom. The van der Waals surface area contributed by atoms with E-state index in [4.69, 9.17) is 9.47 Å². The van der Waals surface area contributed by atoms with E-state index in [2.05, 4.69) is 20.0 Å². The number of hydrogen-bond acceptors (Lipinski definition) is 7. The quantitative estimate of drug-likeness (QED) is 0.472. The summed E-state index contributed by atoms with van der Waals surface area (Å²) in [6.07, 6.45) is -12.9. The number of morpholine rings is 1. The van der Waals surface area contributed by atoms with Crippen LogP contribution in [0.4, 0.5) is 47.0 Å². The van der Waals surface area contributed by atoms with Gasteiger partial charge in [0.25, 0.3) is 5.60 Å². The summed E-state index contributed by atoms with van der Waals surface area (Å²) in [4.78, 5) is 21.7. The first kappa shape index (κ1) is 28.6. The minimum Gasteiger partial charge on any atom is -0.474 e. The van der Waals surface area contributed by atoms with Crippen molar-refractivity contribution in [3.8, 4) is 5.88 Å². The summed E-state index contributed by atoms with van der Waals surface area (Å²) in [6, 6.07) is 2.81. The molecule has 0 saturated carbocycles. The number of carbonyl (C=O) groups is 1. The molecule has 1 aromatic heterocycles. The number of hydrogen-bond donors (Lipinski definition) is 1. The fourth-order valence-corrected chi connectivity index (χ4v) is 4.45. The molecule has 2 aromatic rings. The number of nitrogens with zero attached hydrogens (tertiary/aromatic N) is 3. The van der Waals surface area contributed by atoms with Crippen LogP contribution in [0.2, 0.25) is 0 Å². The van der Waals surface area contributed by atoms with Crippen molar-refractivity contribution in [3.63, 3.8) is 0 Å². The summed E-state index contributed by atoms with van der Waals surface area (Å²) < 4.78 is 109. The molecule has 15 heteroatoms. The highest BCUT2D eigenvalue weighted by Gasteiger charge is 2.71. The van der Waals surface area contributed by atoms with E-state index in [0.29, 0.717) is 5.56 Å². The number of nitrogens with one attached hydrogen (secondary N) is 1. The molecule has 0 spiro atoms. The van der Waals surface area contributed by atoms with Crippen LogP contribution in [-0.2, 0) is 9.47 Å². The van der Waals surface area contributed by atoms with Gasteiger partial charge in [0.15, 0.2) is 0 Å². The predicted octanol–water partition coefficient (Wildman–Crippen LogP) is 5.61. The van der Waals surface area contributed by atoms with Crippen molar-refractivity contribution in [2.75, 3.05) is 18.5 Å². The third-order valence-electron chi connectivity index (χ3n) is 6.76. The highest BCUT2D eigenvalue weighted by molar-refractivity contribution is 5.70. The van der Waals surface area contributed by atoms with E-state index < -0.39 is 48.1 Å². The van der Waals surface area contributed by atoms with Gasteiger partial charge in [-0.05, 0) is 38.5 Å². The molecular formula is C24H25F7N4O4. The number of piperidine rings is 1. The number of ether oxygens (including phenoxy) is 3. The Balaban J connectivity index is 1.48. The molecule has 0 aliphatic carbocycles. The molecule has 1 N–H and O–H groups in total. The number of aryl methyl sites for hydroxylation is 1. The van der Waals surface area contributed by atoms with Gasteiger partial charge in [0, 0.05) is 12.8 Å². The van der Waals surface area contributed by atoms with Crippen LogP contribution >= 0.6 is 0 Å². The van der Waals surface area contributed by atoms with Gasteiger partial charge in [-0.25, -0.2) is 19.2 Å². The van der Waals surface area contributed by atoms with Gasteiger partial charge in [-0.1, -0.05) is 6.07 Å². The molecule has 4 rings (SSSR count). The van der Waals surface area contributed by atoms with Crippen LogP contribution in [0.25, 0.3) is 0 Å².